The Hall–Kier alpha value is -1.62. The number of nitrogens with one attached hydrogen (secondary N) is 1. The molecule has 2 unspecified atom stereocenters. The van der Waals surface area contributed by atoms with E-state index < -0.39 is 0 Å². The van der Waals surface area contributed by atoms with Crippen molar-refractivity contribution in [3.05, 3.63) is 33.9 Å². The molecule has 0 amide bonds. The molecule has 2 atom stereocenters. The molecule has 0 spiro atoms. The molecule has 1 aliphatic rings. The first-order valence-electron chi connectivity index (χ1n) is 7.66. The summed E-state index contributed by atoms with van der Waals surface area (Å²) in [6.07, 6.45) is 6.33. The molecule has 116 valence electrons. The molecule has 21 heavy (non-hydrogen) atoms. The van der Waals surface area contributed by atoms with Crippen LogP contribution in [0, 0.1) is 16.0 Å². The molecule has 1 fully saturated rings. The van der Waals surface area contributed by atoms with Crippen LogP contribution in [0.4, 0.5) is 5.69 Å². The van der Waals surface area contributed by atoms with Crippen molar-refractivity contribution < 1.29 is 9.66 Å². The summed E-state index contributed by atoms with van der Waals surface area (Å²) in [5.74, 6) is 1.20. The summed E-state index contributed by atoms with van der Waals surface area (Å²) in [7, 11) is 1.53. The molecule has 0 aliphatic heterocycles. The largest absolute Gasteiger partial charge is 0.496 e. The minimum atomic E-state index is -0.375. The van der Waals surface area contributed by atoms with Gasteiger partial charge in [0.2, 0.25) is 0 Å². The minimum Gasteiger partial charge on any atom is -0.496 e. The molecular weight excluding hydrogens is 268 g/mol. The maximum Gasteiger partial charge on any atom is 0.273 e. The molecule has 0 aromatic heterocycles. The third kappa shape index (κ3) is 4.43. The van der Waals surface area contributed by atoms with Gasteiger partial charge in [0.15, 0.2) is 0 Å². The average molecular weight is 292 g/mol. The Morgan fingerprint density at radius 1 is 1.29 bits per heavy atom. The van der Waals surface area contributed by atoms with Gasteiger partial charge in [0.1, 0.15) is 5.75 Å². The van der Waals surface area contributed by atoms with Gasteiger partial charge in [-0.3, -0.25) is 10.1 Å². The van der Waals surface area contributed by atoms with Gasteiger partial charge < -0.3 is 10.1 Å². The first-order chi connectivity index (χ1) is 10.1. The number of hydrogen-bond acceptors (Lipinski definition) is 4. The lowest BCUT2D eigenvalue weighted by Gasteiger charge is -2.23. The summed E-state index contributed by atoms with van der Waals surface area (Å²) in [4.78, 5) is 10.6. The Bertz CT molecular complexity index is 490. The Morgan fingerprint density at radius 2 is 2.05 bits per heavy atom. The van der Waals surface area contributed by atoms with Gasteiger partial charge in [-0.25, -0.2) is 0 Å². The van der Waals surface area contributed by atoms with Crippen molar-refractivity contribution in [1.29, 1.82) is 0 Å². The van der Waals surface area contributed by atoms with Crippen LogP contribution in [0.5, 0.6) is 5.75 Å². The molecule has 2 rings (SSSR count). The Kier molecular flexibility index (Phi) is 5.56. The zero-order chi connectivity index (χ0) is 15.2. The fourth-order valence-electron chi connectivity index (χ4n) is 3.01. The van der Waals surface area contributed by atoms with E-state index in [2.05, 4.69) is 12.2 Å². The minimum absolute atomic E-state index is 0.0834. The Morgan fingerprint density at radius 3 is 2.76 bits per heavy atom. The second-order valence-corrected chi connectivity index (χ2v) is 5.90. The number of non-ortho nitro benzene ring substituents is 1. The zero-order valence-electron chi connectivity index (χ0n) is 12.8. The highest BCUT2D eigenvalue weighted by atomic mass is 16.6. The van der Waals surface area contributed by atoms with Crippen LogP contribution >= 0.6 is 0 Å². The van der Waals surface area contributed by atoms with E-state index in [1.54, 1.807) is 6.07 Å². The van der Waals surface area contributed by atoms with Gasteiger partial charge in [0, 0.05) is 18.7 Å². The van der Waals surface area contributed by atoms with E-state index in [1.807, 2.05) is 6.07 Å². The van der Waals surface area contributed by atoms with Crippen molar-refractivity contribution in [3.63, 3.8) is 0 Å². The zero-order valence-corrected chi connectivity index (χ0v) is 12.8. The van der Waals surface area contributed by atoms with Gasteiger partial charge >= 0.3 is 0 Å². The summed E-state index contributed by atoms with van der Waals surface area (Å²) >= 11 is 0. The normalized spacial score (nSPS) is 22.6. The van der Waals surface area contributed by atoms with E-state index in [0.29, 0.717) is 24.3 Å². The molecule has 0 bridgehead atoms. The molecule has 1 N–H and O–H groups in total. The molecule has 5 heteroatoms. The number of benzene rings is 1. The van der Waals surface area contributed by atoms with E-state index in [-0.39, 0.29) is 10.6 Å². The third-order valence-electron chi connectivity index (χ3n) is 4.33. The van der Waals surface area contributed by atoms with E-state index >= 15 is 0 Å². The third-order valence-corrected chi connectivity index (χ3v) is 4.33. The molecule has 1 aliphatic carbocycles. The van der Waals surface area contributed by atoms with Crippen molar-refractivity contribution in [2.45, 2.75) is 51.6 Å². The topological polar surface area (TPSA) is 64.4 Å². The first kappa shape index (κ1) is 15.8. The van der Waals surface area contributed by atoms with E-state index in [0.717, 1.165) is 5.56 Å². The molecular formula is C16H24N2O3. The predicted molar refractivity (Wildman–Crippen MR) is 82.5 cm³/mol. The Balaban J connectivity index is 2.04. The van der Waals surface area contributed by atoms with E-state index in [4.69, 9.17) is 4.74 Å². The molecule has 0 radical (unpaired) electrons. The summed E-state index contributed by atoms with van der Waals surface area (Å²) in [6.45, 7) is 2.93. The lowest BCUT2D eigenvalue weighted by molar-refractivity contribution is -0.385. The standard InChI is InChI=1S/C16H24N2O3/c1-12-6-4-3-5-7-16(12)17-11-13-8-14(18(19)20)10-15(9-13)21-2/h8-10,12,16-17H,3-7,11H2,1-2H3. The van der Waals surface area contributed by atoms with Gasteiger partial charge in [-0.1, -0.05) is 26.2 Å². The summed E-state index contributed by atoms with van der Waals surface area (Å²) < 4.78 is 5.15. The first-order valence-corrected chi connectivity index (χ1v) is 7.66. The maximum absolute atomic E-state index is 11.0. The van der Waals surface area contributed by atoms with Gasteiger partial charge in [0.25, 0.3) is 5.69 Å². The highest BCUT2D eigenvalue weighted by Crippen LogP contribution is 2.25. The van der Waals surface area contributed by atoms with Crippen LogP contribution < -0.4 is 10.1 Å². The van der Waals surface area contributed by atoms with Crippen molar-refractivity contribution >= 4 is 5.69 Å². The smallest absolute Gasteiger partial charge is 0.273 e. The quantitative estimate of drug-likeness (QED) is 0.511. The fourth-order valence-corrected chi connectivity index (χ4v) is 3.01. The molecule has 0 saturated heterocycles. The van der Waals surface area contributed by atoms with Crippen LogP contribution in [0.25, 0.3) is 0 Å². The second-order valence-electron chi connectivity index (χ2n) is 5.90. The molecule has 5 nitrogen and oxygen atoms in total. The SMILES string of the molecule is COc1cc(CNC2CCCCCC2C)cc([N+](=O)[O-])c1. The molecule has 1 saturated carbocycles. The lowest BCUT2D eigenvalue weighted by atomic mass is 9.97. The van der Waals surface area contributed by atoms with Crippen LogP contribution in [-0.2, 0) is 6.54 Å². The van der Waals surface area contributed by atoms with Crippen molar-refractivity contribution in [1.82, 2.24) is 5.32 Å². The van der Waals surface area contributed by atoms with Crippen LogP contribution in [0.3, 0.4) is 0 Å². The molecule has 0 heterocycles. The van der Waals surface area contributed by atoms with Crippen LogP contribution in [0.2, 0.25) is 0 Å². The van der Waals surface area contributed by atoms with E-state index in [9.17, 15) is 10.1 Å². The average Bonchev–Trinajstić information content (AvgIpc) is 2.69. The van der Waals surface area contributed by atoms with Crippen molar-refractivity contribution in [2.24, 2.45) is 5.92 Å². The number of nitrogens with zero attached hydrogens (tertiary/aromatic N) is 1. The van der Waals surface area contributed by atoms with Gasteiger partial charge in [-0.15, -0.1) is 0 Å². The van der Waals surface area contributed by atoms with Crippen LogP contribution in [0.15, 0.2) is 18.2 Å². The maximum atomic E-state index is 11.0. The fraction of sp³-hybridized carbons (Fsp3) is 0.625. The van der Waals surface area contributed by atoms with Crippen LogP contribution in [0.1, 0.15) is 44.6 Å². The highest BCUT2D eigenvalue weighted by Gasteiger charge is 2.19. The van der Waals surface area contributed by atoms with E-state index in [1.165, 1.54) is 45.3 Å². The molecule has 1 aromatic rings. The number of ether oxygens (including phenoxy) is 1. The number of hydrogen-bond donors (Lipinski definition) is 1. The highest BCUT2D eigenvalue weighted by molar-refractivity contribution is 5.42. The van der Waals surface area contributed by atoms with Gasteiger partial charge in [-0.2, -0.15) is 0 Å². The Labute approximate surface area is 125 Å². The molecule has 1 aromatic carbocycles. The number of methoxy groups -OCH3 is 1. The summed E-state index contributed by atoms with van der Waals surface area (Å²) in [5.41, 5.74) is 0.984. The van der Waals surface area contributed by atoms with Crippen molar-refractivity contribution in [3.8, 4) is 5.75 Å². The monoisotopic (exact) mass is 292 g/mol. The van der Waals surface area contributed by atoms with Gasteiger partial charge in [0.05, 0.1) is 18.1 Å². The summed E-state index contributed by atoms with van der Waals surface area (Å²) in [5, 5.41) is 14.5. The number of nitro groups is 1. The van der Waals surface area contributed by atoms with Gasteiger partial charge in [-0.05, 0) is 30.4 Å². The summed E-state index contributed by atoms with van der Waals surface area (Å²) in [6, 6.07) is 5.44. The second kappa shape index (κ2) is 7.41. The van der Waals surface area contributed by atoms with Crippen molar-refractivity contribution in [2.75, 3.05) is 7.11 Å². The lowest BCUT2D eigenvalue weighted by Crippen LogP contribution is -2.33. The van der Waals surface area contributed by atoms with Crippen LogP contribution in [-0.4, -0.2) is 18.1 Å². The number of nitro benzene ring substituents is 1. The number of rotatable bonds is 5. The predicted octanol–water partition coefficient (Wildman–Crippen LogP) is 3.66.